The maximum atomic E-state index is 5.58. The van der Waals surface area contributed by atoms with E-state index in [1.807, 2.05) is 25.1 Å². The molecule has 2 rings (SSSR count). The Morgan fingerprint density at radius 3 is 2.89 bits per heavy atom. The fourth-order valence-corrected chi connectivity index (χ4v) is 1.55. The van der Waals surface area contributed by atoms with Gasteiger partial charge < -0.3 is 15.8 Å². The van der Waals surface area contributed by atoms with E-state index in [1.54, 1.807) is 13.3 Å². The zero-order valence-corrected chi connectivity index (χ0v) is 10.3. The zero-order valence-electron chi connectivity index (χ0n) is 10.3. The van der Waals surface area contributed by atoms with Gasteiger partial charge in [0.25, 0.3) is 0 Å². The topological polar surface area (TPSA) is 86.0 Å². The molecule has 0 spiro atoms. The van der Waals surface area contributed by atoms with Crippen LogP contribution in [0.2, 0.25) is 0 Å². The quantitative estimate of drug-likeness (QED) is 0.846. The molecular formula is C12H15N5O. The summed E-state index contributed by atoms with van der Waals surface area (Å²) in [7, 11) is 1.59. The fourth-order valence-electron chi connectivity index (χ4n) is 1.55. The second-order valence-electron chi connectivity index (χ2n) is 3.81. The first-order chi connectivity index (χ1) is 8.67. The van der Waals surface area contributed by atoms with Gasteiger partial charge in [0.15, 0.2) is 0 Å². The van der Waals surface area contributed by atoms with Crippen molar-refractivity contribution in [3.63, 3.8) is 0 Å². The van der Waals surface area contributed by atoms with Crippen LogP contribution in [0.4, 0.5) is 11.8 Å². The van der Waals surface area contributed by atoms with Crippen molar-refractivity contribution in [1.82, 2.24) is 15.0 Å². The van der Waals surface area contributed by atoms with Crippen molar-refractivity contribution in [3.05, 3.63) is 35.7 Å². The van der Waals surface area contributed by atoms with Gasteiger partial charge in [-0.2, -0.15) is 4.98 Å². The number of aromatic nitrogens is 3. The molecule has 0 radical (unpaired) electrons. The number of nitrogens with one attached hydrogen (secondary N) is 1. The van der Waals surface area contributed by atoms with Gasteiger partial charge in [-0.05, 0) is 18.6 Å². The second kappa shape index (κ2) is 5.31. The monoisotopic (exact) mass is 245 g/mol. The Bertz CT molecular complexity index is 523. The lowest BCUT2D eigenvalue weighted by molar-refractivity contribution is 0.397. The average molecular weight is 245 g/mol. The molecule has 0 saturated heterocycles. The Hall–Kier alpha value is -2.37. The Morgan fingerprint density at radius 2 is 2.17 bits per heavy atom. The Morgan fingerprint density at radius 1 is 1.33 bits per heavy atom. The van der Waals surface area contributed by atoms with Crippen LogP contribution < -0.4 is 15.8 Å². The number of anilines is 2. The minimum atomic E-state index is 0.268. The van der Waals surface area contributed by atoms with Crippen molar-refractivity contribution < 1.29 is 4.74 Å². The summed E-state index contributed by atoms with van der Waals surface area (Å²) in [6, 6.07) is 5.62. The summed E-state index contributed by atoms with van der Waals surface area (Å²) in [6.07, 6.45) is 1.70. The number of pyridine rings is 1. The molecule has 0 aromatic carbocycles. The molecule has 0 aliphatic carbocycles. The first-order valence-electron chi connectivity index (χ1n) is 5.51. The molecule has 0 unspecified atom stereocenters. The third kappa shape index (κ3) is 3.07. The molecule has 0 amide bonds. The summed E-state index contributed by atoms with van der Waals surface area (Å²) >= 11 is 0. The van der Waals surface area contributed by atoms with Crippen LogP contribution in [0.25, 0.3) is 0 Å². The van der Waals surface area contributed by atoms with E-state index in [-0.39, 0.29) is 5.95 Å². The molecule has 2 aromatic rings. The molecule has 2 aromatic heterocycles. The SMILES string of the molecule is COc1cc(CNc2cc(C)nc(N)n2)ccn1. The van der Waals surface area contributed by atoms with Gasteiger partial charge in [0, 0.05) is 30.6 Å². The van der Waals surface area contributed by atoms with Gasteiger partial charge in [0.1, 0.15) is 5.82 Å². The number of nitrogens with zero attached hydrogens (tertiary/aromatic N) is 3. The van der Waals surface area contributed by atoms with Gasteiger partial charge in [-0.1, -0.05) is 0 Å². The predicted molar refractivity (Wildman–Crippen MR) is 69.3 cm³/mol. The van der Waals surface area contributed by atoms with Crippen LogP contribution >= 0.6 is 0 Å². The number of ether oxygens (including phenoxy) is 1. The van der Waals surface area contributed by atoms with Crippen LogP contribution in [0.5, 0.6) is 5.88 Å². The molecular weight excluding hydrogens is 230 g/mol. The first-order valence-corrected chi connectivity index (χ1v) is 5.51. The van der Waals surface area contributed by atoms with E-state index in [1.165, 1.54) is 0 Å². The van der Waals surface area contributed by atoms with E-state index in [4.69, 9.17) is 10.5 Å². The van der Waals surface area contributed by atoms with Gasteiger partial charge in [0.05, 0.1) is 7.11 Å². The van der Waals surface area contributed by atoms with E-state index >= 15 is 0 Å². The molecule has 0 fully saturated rings. The van der Waals surface area contributed by atoms with Gasteiger partial charge in [0.2, 0.25) is 11.8 Å². The lowest BCUT2D eigenvalue weighted by atomic mass is 10.2. The third-order valence-corrected chi connectivity index (χ3v) is 2.35. The highest BCUT2D eigenvalue weighted by atomic mass is 16.5. The first kappa shape index (κ1) is 12.1. The molecule has 0 atom stereocenters. The molecule has 6 heteroatoms. The average Bonchev–Trinajstić information content (AvgIpc) is 2.35. The van der Waals surface area contributed by atoms with Crippen LogP contribution in [0.15, 0.2) is 24.4 Å². The minimum absolute atomic E-state index is 0.268. The highest BCUT2D eigenvalue weighted by Gasteiger charge is 2.00. The maximum Gasteiger partial charge on any atom is 0.222 e. The van der Waals surface area contributed by atoms with Gasteiger partial charge in [-0.3, -0.25) is 0 Å². The summed E-state index contributed by atoms with van der Waals surface area (Å²) in [6.45, 7) is 2.49. The molecule has 0 aliphatic rings. The molecule has 0 aliphatic heterocycles. The Kier molecular flexibility index (Phi) is 3.57. The standard InChI is InChI=1S/C12H15N5O/c1-8-5-10(17-12(13)16-8)15-7-9-3-4-14-11(6-9)18-2/h3-6H,7H2,1-2H3,(H3,13,15,16,17). The van der Waals surface area contributed by atoms with E-state index < -0.39 is 0 Å². The Labute approximate surface area is 105 Å². The molecule has 94 valence electrons. The smallest absolute Gasteiger partial charge is 0.222 e. The largest absolute Gasteiger partial charge is 0.481 e. The summed E-state index contributed by atoms with van der Waals surface area (Å²) in [5, 5.41) is 3.18. The highest BCUT2D eigenvalue weighted by Crippen LogP contribution is 2.12. The van der Waals surface area contributed by atoms with Crippen LogP contribution in [0.3, 0.4) is 0 Å². The number of aryl methyl sites for hydroxylation is 1. The van der Waals surface area contributed by atoms with E-state index in [2.05, 4.69) is 20.3 Å². The minimum Gasteiger partial charge on any atom is -0.481 e. The van der Waals surface area contributed by atoms with E-state index in [0.29, 0.717) is 18.2 Å². The Balaban J connectivity index is 2.06. The predicted octanol–water partition coefficient (Wildman–Crippen LogP) is 1.38. The lowest BCUT2D eigenvalue weighted by Gasteiger charge is -2.07. The van der Waals surface area contributed by atoms with Gasteiger partial charge >= 0.3 is 0 Å². The van der Waals surface area contributed by atoms with Crippen molar-refractivity contribution in [2.45, 2.75) is 13.5 Å². The van der Waals surface area contributed by atoms with Gasteiger partial charge in [-0.25, -0.2) is 9.97 Å². The van der Waals surface area contributed by atoms with Crippen LogP contribution in [0, 0.1) is 6.92 Å². The van der Waals surface area contributed by atoms with E-state index in [0.717, 1.165) is 11.3 Å². The van der Waals surface area contributed by atoms with Crippen molar-refractivity contribution in [3.8, 4) is 5.88 Å². The summed E-state index contributed by atoms with van der Waals surface area (Å²) in [5.41, 5.74) is 7.47. The summed E-state index contributed by atoms with van der Waals surface area (Å²) in [4.78, 5) is 12.2. The van der Waals surface area contributed by atoms with Crippen molar-refractivity contribution >= 4 is 11.8 Å². The molecule has 2 heterocycles. The number of hydrogen-bond acceptors (Lipinski definition) is 6. The lowest BCUT2D eigenvalue weighted by Crippen LogP contribution is -2.05. The number of nitrogen functional groups attached to an aromatic ring is 1. The second-order valence-corrected chi connectivity index (χ2v) is 3.81. The highest BCUT2D eigenvalue weighted by molar-refractivity contribution is 5.41. The van der Waals surface area contributed by atoms with Crippen molar-refractivity contribution in [2.24, 2.45) is 0 Å². The molecule has 0 saturated carbocycles. The molecule has 18 heavy (non-hydrogen) atoms. The van der Waals surface area contributed by atoms with Crippen molar-refractivity contribution in [2.75, 3.05) is 18.2 Å². The van der Waals surface area contributed by atoms with Crippen LogP contribution in [0.1, 0.15) is 11.3 Å². The third-order valence-electron chi connectivity index (χ3n) is 2.35. The van der Waals surface area contributed by atoms with Crippen LogP contribution in [-0.4, -0.2) is 22.1 Å². The van der Waals surface area contributed by atoms with Gasteiger partial charge in [-0.15, -0.1) is 0 Å². The number of hydrogen-bond donors (Lipinski definition) is 2. The number of methoxy groups -OCH3 is 1. The van der Waals surface area contributed by atoms with Crippen molar-refractivity contribution in [1.29, 1.82) is 0 Å². The normalized spacial score (nSPS) is 10.1. The summed E-state index contributed by atoms with van der Waals surface area (Å²) < 4.78 is 5.06. The molecule has 6 nitrogen and oxygen atoms in total. The molecule has 3 N–H and O–H groups in total. The number of nitrogens with two attached hydrogens (primary N) is 1. The van der Waals surface area contributed by atoms with Crippen LogP contribution in [-0.2, 0) is 6.54 Å². The fraction of sp³-hybridized carbons (Fsp3) is 0.250. The number of rotatable bonds is 4. The maximum absolute atomic E-state index is 5.58. The van der Waals surface area contributed by atoms with E-state index in [9.17, 15) is 0 Å². The zero-order chi connectivity index (χ0) is 13.0. The summed E-state index contributed by atoms with van der Waals surface area (Å²) in [5.74, 6) is 1.56. The molecule has 0 bridgehead atoms.